The van der Waals surface area contributed by atoms with Crippen LogP contribution in [0.15, 0.2) is 30.3 Å². The summed E-state index contributed by atoms with van der Waals surface area (Å²) in [6, 6.07) is 9.15. The molecule has 3 nitrogen and oxygen atoms in total. The number of benzene rings is 1. The first-order valence-corrected chi connectivity index (χ1v) is 5.98. The lowest BCUT2D eigenvalue weighted by Gasteiger charge is -2.29. The fourth-order valence-electron chi connectivity index (χ4n) is 2.42. The maximum Gasteiger partial charge on any atom is 0.314 e. The molecule has 1 aromatic carbocycles. The predicted octanol–water partition coefficient (Wildman–Crippen LogP) is 2.09. The number of nitrogens with one attached hydrogen (secondary N) is 1. The highest BCUT2D eigenvalue weighted by Gasteiger charge is 2.31. The zero-order valence-electron chi connectivity index (χ0n) is 12.7. The molecule has 1 N–H and O–H groups in total. The molecule has 17 heavy (non-hydrogen) atoms. The summed E-state index contributed by atoms with van der Waals surface area (Å²) in [5.41, 5.74) is 0.793. The zero-order valence-corrected chi connectivity index (χ0v) is 9.69. The smallest absolute Gasteiger partial charge is 0.314 e. The highest BCUT2D eigenvalue weighted by Crippen LogP contribution is 2.26. The Morgan fingerprint density at radius 2 is 2.29 bits per heavy atom. The van der Waals surface area contributed by atoms with E-state index in [1.807, 2.05) is 30.3 Å². The second-order valence-electron chi connectivity index (χ2n) is 4.37. The van der Waals surface area contributed by atoms with Crippen LogP contribution in [0.1, 0.15) is 34.9 Å². The molecule has 2 unspecified atom stereocenters. The van der Waals surface area contributed by atoms with Gasteiger partial charge in [-0.05, 0) is 24.9 Å². The maximum absolute atomic E-state index is 12.2. The average Bonchev–Trinajstić information content (AvgIpc) is 2.39. The molecule has 1 aliphatic heterocycles. The molecule has 1 heterocycles. The first-order chi connectivity index (χ1) is 9.47. The van der Waals surface area contributed by atoms with E-state index in [4.69, 9.17) is 4.11 Å². The van der Waals surface area contributed by atoms with Crippen molar-refractivity contribution in [3.05, 3.63) is 35.9 Å². The number of hydrogen-bond acceptors (Lipinski definition) is 3. The van der Waals surface area contributed by atoms with Gasteiger partial charge >= 0.3 is 5.97 Å². The van der Waals surface area contributed by atoms with E-state index in [-0.39, 0.29) is 6.04 Å². The molecule has 0 aliphatic carbocycles. The Labute approximate surface area is 106 Å². The summed E-state index contributed by atoms with van der Waals surface area (Å²) in [4.78, 5) is 12.2. The van der Waals surface area contributed by atoms with Crippen molar-refractivity contribution in [3.63, 3.8) is 0 Å². The molecule has 0 bridgehead atoms. The first kappa shape index (κ1) is 8.70. The zero-order chi connectivity index (χ0) is 14.6. The highest BCUT2D eigenvalue weighted by atomic mass is 16.6. The largest absolute Gasteiger partial charge is 0.469 e. The minimum atomic E-state index is -2.70. The van der Waals surface area contributed by atoms with Crippen LogP contribution >= 0.6 is 0 Å². The Kier molecular flexibility index (Phi) is 2.98. The number of carbonyl (C=O) groups excluding carboxylic acids is 1. The van der Waals surface area contributed by atoms with E-state index in [1.54, 1.807) is 0 Å². The quantitative estimate of drug-likeness (QED) is 0.646. The molecule has 1 fully saturated rings. The number of carbonyl (C=O) groups is 1. The van der Waals surface area contributed by atoms with Gasteiger partial charge in [-0.15, -0.1) is 0 Å². The number of rotatable bonds is 3. The summed E-state index contributed by atoms with van der Waals surface area (Å²) in [6.45, 7) is 0.842. The summed E-state index contributed by atoms with van der Waals surface area (Å²) in [7, 11) is -2.70. The van der Waals surface area contributed by atoms with Gasteiger partial charge in [-0.1, -0.05) is 36.8 Å². The van der Waals surface area contributed by atoms with E-state index in [2.05, 4.69) is 10.1 Å². The second-order valence-corrected chi connectivity index (χ2v) is 4.37. The maximum atomic E-state index is 12.2. The lowest BCUT2D eigenvalue weighted by Crippen LogP contribution is -2.42. The normalized spacial score (nSPS) is 25.2. The molecule has 0 aromatic heterocycles. The van der Waals surface area contributed by atoms with Gasteiger partial charge in [-0.25, -0.2) is 0 Å². The standard InChI is InChI=1S/C14H19NO2/c1-17-14(16)13(11-7-3-2-4-8-11)12-9-5-6-10-15-12/h2-4,7-8,12-13,15H,5-6,9-10H2,1H3/i1+1D3. The van der Waals surface area contributed by atoms with Crippen molar-refractivity contribution in [2.75, 3.05) is 13.6 Å². The third-order valence-corrected chi connectivity index (χ3v) is 3.26. The lowest BCUT2D eigenvalue weighted by atomic mass is 9.86. The fraction of sp³-hybridized carbons (Fsp3) is 0.500. The van der Waals surface area contributed by atoms with Gasteiger partial charge in [-0.2, -0.15) is 0 Å². The van der Waals surface area contributed by atoms with Gasteiger partial charge in [0.2, 0.25) is 0 Å². The van der Waals surface area contributed by atoms with E-state index in [0.29, 0.717) is 0 Å². The third kappa shape index (κ3) is 2.86. The number of methoxy groups -OCH3 is 1. The van der Waals surface area contributed by atoms with Gasteiger partial charge in [0.05, 0.1) is 17.1 Å². The molecule has 2 rings (SSSR count). The van der Waals surface area contributed by atoms with Crippen molar-refractivity contribution in [1.82, 2.24) is 5.32 Å². The van der Waals surface area contributed by atoms with E-state index in [9.17, 15) is 4.79 Å². The molecular weight excluding hydrogens is 215 g/mol. The lowest BCUT2D eigenvalue weighted by molar-refractivity contribution is -0.143. The van der Waals surface area contributed by atoms with Crippen molar-refractivity contribution < 1.29 is 13.6 Å². The summed E-state index contributed by atoms with van der Waals surface area (Å²) in [5.74, 6) is -1.26. The van der Waals surface area contributed by atoms with Crippen LogP contribution in [0.4, 0.5) is 0 Å². The number of ether oxygens (including phenoxy) is 1. The van der Waals surface area contributed by atoms with Crippen LogP contribution in [0.25, 0.3) is 0 Å². The Hall–Kier alpha value is -1.35. The Bertz CT molecular complexity index is 441. The molecule has 1 aromatic rings. The van der Waals surface area contributed by atoms with Gasteiger partial charge in [0, 0.05) is 6.04 Å². The molecule has 0 amide bonds. The molecule has 0 radical (unpaired) electrons. The van der Waals surface area contributed by atoms with E-state index < -0.39 is 18.9 Å². The van der Waals surface area contributed by atoms with Crippen molar-refractivity contribution >= 4 is 5.97 Å². The molecule has 0 spiro atoms. The topological polar surface area (TPSA) is 38.3 Å². The van der Waals surface area contributed by atoms with Crippen molar-refractivity contribution in [1.29, 1.82) is 0 Å². The van der Waals surface area contributed by atoms with Crippen LogP contribution in [-0.4, -0.2) is 25.6 Å². The molecule has 92 valence electrons. The van der Waals surface area contributed by atoms with Crippen LogP contribution in [-0.2, 0) is 9.53 Å². The molecule has 1 saturated heterocycles. The summed E-state index contributed by atoms with van der Waals surface area (Å²) in [5, 5.41) is 3.30. The van der Waals surface area contributed by atoms with Gasteiger partial charge in [0.1, 0.15) is 0 Å². The fourth-order valence-corrected chi connectivity index (χ4v) is 2.42. The van der Waals surface area contributed by atoms with Crippen molar-refractivity contribution in [3.8, 4) is 0 Å². The predicted molar refractivity (Wildman–Crippen MR) is 66.8 cm³/mol. The molecular formula is C14H19NO2. The first-order valence-electron chi connectivity index (χ1n) is 7.48. The highest BCUT2D eigenvalue weighted by molar-refractivity contribution is 5.79. The summed E-state index contributed by atoms with van der Waals surface area (Å²) in [6.07, 6.45) is 2.95. The van der Waals surface area contributed by atoms with Gasteiger partial charge in [0.15, 0.2) is 0 Å². The van der Waals surface area contributed by atoms with Crippen LogP contribution in [0.5, 0.6) is 0 Å². The SMILES string of the molecule is [2H][13C]([2H])([2H])OC(=O)C(c1ccccc1)C1CCCCN1. The van der Waals surface area contributed by atoms with Crippen LogP contribution in [0.3, 0.4) is 0 Å². The summed E-state index contributed by atoms with van der Waals surface area (Å²) < 4.78 is 25.9. The molecule has 0 saturated carbocycles. The molecule has 2 atom stereocenters. The number of esters is 1. The minimum Gasteiger partial charge on any atom is -0.469 e. The Balaban J connectivity index is 2.22. The van der Waals surface area contributed by atoms with Crippen LogP contribution in [0.2, 0.25) is 0 Å². The molecule has 3 heteroatoms. The van der Waals surface area contributed by atoms with Gasteiger partial charge in [0.25, 0.3) is 0 Å². The number of piperidine rings is 1. The Morgan fingerprint density at radius 3 is 2.94 bits per heavy atom. The minimum absolute atomic E-state index is 0.0685. The van der Waals surface area contributed by atoms with Crippen molar-refractivity contribution in [2.45, 2.75) is 31.2 Å². The van der Waals surface area contributed by atoms with Crippen LogP contribution < -0.4 is 5.32 Å². The van der Waals surface area contributed by atoms with Crippen LogP contribution in [0, 0.1) is 0 Å². The third-order valence-electron chi connectivity index (χ3n) is 3.26. The van der Waals surface area contributed by atoms with E-state index >= 15 is 0 Å². The second kappa shape index (κ2) is 5.82. The van der Waals surface area contributed by atoms with E-state index in [0.717, 1.165) is 31.4 Å². The van der Waals surface area contributed by atoms with Crippen molar-refractivity contribution in [2.24, 2.45) is 0 Å². The molecule has 1 aliphatic rings. The average molecular weight is 237 g/mol. The monoisotopic (exact) mass is 237 g/mol. The van der Waals surface area contributed by atoms with E-state index in [1.165, 1.54) is 0 Å². The Morgan fingerprint density at radius 1 is 1.47 bits per heavy atom. The van der Waals surface area contributed by atoms with Gasteiger partial charge in [-0.3, -0.25) is 4.79 Å². The number of hydrogen-bond donors (Lipinski definition) is 1. The van der Waals surface area contributed by atoms with Gasteiger partial charge < -0.3 is 10.1 Å². The summed E-state index contributed by atoms with van der Waals surface area (Å²) >= 11 is 0.